The zero-order valence-corrected chi connectivity index (χ0v) is 22.0. The van der Waals surface area contributed by atoms with Crippen molar-refractivity contribution in [1.29, 1.82) is 0 Å². The van der Waals surface area contributed by atoms with E-state index in [0.29, 0.717) is 0 Å². The van der Waals surface area contributed by atoms with Gasteiger partial charge in [-0.25, -0.2) is 15.0 Å². The molecule has 0 aliphatic heterocycles. The number of aromatic nitrogens is 5. The molecular weight excluding hydrogens is 482 g/mol. The standard InChI is InChI=1S/C33H27N5O/c1-33(2,3)21-17-18-29(39)23(20-21)25-12-9-11-24(35-25)22-10-8-15-28-31(22)36-32-37(28)26-13-4-5-14-27(26)38(32)30-16-6-7-19-34-30/h4-20,39H,1-3H3. The zero-order chi connectivity index (χ0) is 26.7. The highest BCUT2D eigenvalue weighted by molar-refractivity contribution is 5.98. The third kappa shape index (κ3) is 3.67. The fraction of sp³-hybridized carbons (Fsp3) is 0.121. The van der Waals surface area contributed by atoms with Crippen molar-refractivity contribution in [2.75, 3.05) is 0 Å². The van der Waals surface area contributed by atoms with Crippen LogP contribution in [-0.4, -0.2) is 29.0 Å². The molecule has 0 aliphatic rings. The quantitative estimate of drug-likeness (QED) is 0.267. The second kappa shape index (κ2) is 8.53. The van der Waals surface area contributed by atoms with Gasteiger partial charge in [-0.3, -0.25) is 8.97 Å². The number of nitrogens with zero attached hydrogens (tertiary/aromatic N) is 5. The van der Waals surface area contributed by atoms with Gasteiger partial charge in [0.2, 0.25) is 5.78 Å². The van der Waals surface area contributed by atoms with Crippen LogP contribution in [0.25, 0.3) is 56.2 Å². The fourth-order valence-corrected chi connectivity index (χ4v) is 5.29. The van der Waals surface area contributed by atoms with Gasteiger partial charge < -0.3 is 5.11 Å². The van der Waals surface area contributed by atoms with E-state index < -0.39 is 0 Å². The van der Waals surface area contributed by atoms with E-state index in [-0.39, 0.29) is 11.2 Å². The van der Waals surface area contributed by atoms with E-state index in [9.17, 15) is 5.11 Å². The fourth-order valence-electron chi connectivity index (χ4n) is 5.29. The summed E-state index contributed by atoms with van der Waals surface area (Å²) in [6.07, 6.45) is 1.80. The van der Waals surface area contributed by atoms with E-state index in [2.05, 4.69) is 59.0 Å². The Morgan fingerprint density at radius 1 is 0.667 bits per heavy atom. The molecule has 7 aromatic rings. The summed E-state index contributed by atoms with van der Waals surface area (Å²) in [5.41, 5.74) is 8.23. The number of hydrogen-bond acceptors (Lipinski definition) is 4. The predicted molar refractivity (Wildman–Crippen MR) is 156 cm³/mol. The zero-order valence-electron chi connectivity index (χ0n) is 22.0. The Labute approximate surface area is 225 Å². The maximum Gasteiger partial charge on any atom is 0.221 e. The van der Waals surface area contributed by atoms with Gasteiger partial charge in [-0.15, -0.1) is 0 Å². The SMILES string of the molecule is CC(C)(C)c1ccc(O)c(-c2cccc(-c3cccc4c3nc3n(-c5ccccn5)c5ccccc5n43)n2)c1. The molecule has 190 valence electrons. The van der Waals surface area contributed by atoms with E-state index in [1.807, 2.05) is 66.7 Å². The first-order valence-corrected chi connectivity index (χ1v) is 13.0. The molecule has 6 nitrogen and oxygen atoms in total. The lowest BCUT2D eigenvalue weighted by atomic mass is 9.85. The summed E-state index contributed by atoms with van der Waals surface area (Å²) in [6, 6.07) is 32.1. The summed E-state index contributed by atoms with van der Waals surface area (Å²) in [7, 11) is 0. The highest BCUT2D eigenvalue weighted by Gasteiger charge is 2.21. The lowest BCUT2D eigenvalue weighted by molar-refractivity contribution is 0.476. The van der Waals surface area contributed by atoms with Crippen LogP contribution in [0.5, 0.6) is 5.75 Å². The van der Waals surface area contributed by atoms with Crippen molar-refractivity contribution in [1.82, 2.24) is 23.9 Å². The van der Waals surface area contributed by atoms with Crippen molar-refractivity contribution in [2.45, 2.75) is 26.2 Å². The molecule has 7 rings (SSSR count). The van der Waals surface area contributed by atoms with Crippen LogP contribution in [-0.2, 0) is 5.41 Å². The number of pyridine rings is 2. The minimum atomic E-state index is -0.0432. The third-order valence-electron chi connectivity index (χ3n) is 7.27. The van der Waals surface area contributed by atoms with Gasteiger partial charge in [-0.1, -0.05) is 63.2 Å². The third-order valence-corrected chi connectivity index (χ3v) is 7.27. The normalized spacial score (nSPS) is 12.1. The maximum absolute atomic E-state index is 10.7. The van der Waals surface area contributed by atoms with Gasteiger partial charge in [-0.2, -0.15) is 0 Å². The van der Waals surface area contributed by atoms with Crippen molar-refractivity contribution in [3.63, 3.8) is 0 Å². The number of para-hydroxylation sites is 3. The van der Waals surface area contributed by atoms with Crippen LogP contribution in [0.15, 0.2) is 103 Å². The monoisotopic (exact) mass is 509 g/mol. The number of fused-ring (bicyclic) bond motifs is 5. The molecular formula is C33H27N5O. The van der Waals surface area contributed by atoms with E-state index in [0.717, 1.165) is 61.7 Å². The molecule has 0 bridgehead atoms. The molecule has 1 N–H and O–H groups in total. The van der Waals surface area contributed by atoms with E-state index in [4.69, 9.17) is 9.97 Å². The highest BCUT2D eigenvalue weighted by atomic mass is 16.3. The molecule has 6 heteroatoms. The molecule has 3 aromatic carbocycles. The Bertz CT molecular complexity index is 2010. The number of aromatic hydroxyl groups is 1. The first kappa shape index (κ1) is 23.2. The van der Waals surface area contributed by atoms with Gasteiger partial charge in [0.15, 0.2) is 0 Å². The summed E-state index contributed by atoms with van der Waals surface area (Å²) in [4.78, 5) is 14.8. The second-order valence-corrected chi connectivity index (χ2v) is 10.8. The molecule has 0 radical (unpaired) electrons. The van der Waals surface area contributed by atoms with Crippen molar-refractivity contribution in [3.8, 4) is 34.1 Å². The molecule has 0 saturated carbocycles. The predicted octanol–water partition coefficient (Wildman–Crippen LogP) is 7.56. The smallest absolute Gasteiger partial charge is 0.221 e. The van der Waals surface area contributed by atoms with Gasteiger partial charge in [0, 0.05) is 17.3 Å². The molecule has 0 saturated heterocycles. The summed E-state index contributed by atoms with van der Waals surface area (Å²) >= 11 is 0. The Morgan fingerprint density at radius 2 is 1.38 bits per heavy atom. The second-order valence-electron chi connectivity index (χ2n) is 10.8. The van der Waals surface area contributed by atoms with Crippen molar-refractivity contribution in [2.24, 2.45) is 0 Å². The van der Waals surface area contributed by atoms with E-state index in [1.165, 1.54) is 0 Å². The minimum Gasteiger partial charge on any atom is -0.507 e. The Hall–Kier alpha value is -4.97. The number of rotatable bonds is 3. The van der Waals surface area contributed by atoms with Gasteiger partial charge in [-0.05, 0) is 65.6 Å². The number of benzene rings is 3. The first-order chi connectivity index (χ1) is 18.9. The molecule has 0 unspecified atom stereocenters. The van der Waals surface area contributed by atoms with Crippen LogP contribution in [0.4, 0.5) is 0 Å². The molecule has 0 atom stereocenters. The summed E-state index contributed by atoms with van der Waals surface area (Å²) in [5, 5.41) is 10.7. The highest BCUT2D eigenvalue weighted by Crippen LogP contribution is 2.36. The molecule has 0 spiro atoms. The van der Waals surface area contributed by atoms with E-state index >= 15 is 0 Å². The molecule has 39 heavy (non-hydrogen) atoms. The van der Waals surface area contributed by atoms with Crippen LogP contribution in [0.1, 0.15) is 26.3 Å². The number of imidazole rings is 2. The summed E-state index contributed by atoms with van der Waals surface area (Å²) in [5.74, 6) is 1.83. The molecule has 0 fully saturated rings. The van der Waals surface area contributed by atoms with Crippen molar-refractivity contribution in [3.05, 3.63) is 109 Å². The van der Waals surface area contributed by atoms with Gasteiger partial charge >= 0.3 is 0 Å². The molecule has 4 aromatic heterocycles. The van der Waals surface area contributed by atoms with Crippen molar-refractivity contribution >= 4 is 27.8 Å². The number of phenols is 1. The number of phenolic OH excluding ortho intramolecular Hbond substituents is 1. The van der Waals surface area contributed by atoms with Crippen molar-refractivity contribution < 1.29 is 5.11 Å². The Balaban J connectivity index is 1.46. The summed E-state index contributed by atoms with van der Waals surface area (Å²) in [6.45, 7) is 6.49. The largest absolute Gasteiger partial charge is 0.507 e. The Morgan fingerprint density at radius 3 is 2.15 bits per heavy atom. The van der Waals surface area contributed by atoms with Crippen LogP contribution in [0.3, 0.4) is 0 Å². The Kier molecular flexibility index (Phi) is 5.07. The maximum atomic E-state index is 10.7. The van der Waals surface area contributed by atoms with Crippen LogP contribution in [0.2, 0.25) is 0 Å². The van der Waals surface area contributed by atoms with Gasteiger partial charge in [0.25, 0.3) is 0 Å². The average molecular weight is 510 g/mol. The average Bonchev–Trinajstić information content (AvgIpc) is 3.48. The lowest BCUT2D eigenvalue weighted by Gasteiger charge is -2.20. The molecule has 0 aliphatic carbocycles. The van der Waals surface area contributed by atoms with Crippen LogP contribution >= 0.6 is 0 Å². The van der Waals surface area contributed by atoms with Gasteiger partial charge in [0.05, 0.1) is 27.9 Å². The van der Waals surface area contributed by atoms with Crippen LogP contribution in [0, 0.1) is 0 Å². The minimum absolute atomic E-state index is 0.0432. The van der Waals surface area contributed by atoms with Crippen LogP contribution < -0.4 is 0 Å². The molecule has 4 heterocycles. The van der Waals surface area contributed by atoms with E-state index in [1.54, 1.807) is 12.3 Å². The first-order valence-electron chi connectivity index (χ1n) is 13.0. The topological polar surface area (TPSA) is 68.2 Å². The number of hydrogen-bond donors (Lipinski definition) is 1. The van der Waals surface area contributed by atoms with Gasteiger partial charge in [0.1, 0.15) is 17.1 Å². The molecule has 0 amide bonds. The summed E-state index contributed by atoms with van der Waals surface area (Å²) < 4.78 is 4.28. The lowest BCUT2D eigenvalue weighted by Crippen LogP contribution is -2.10.